The highest BCUT2D eigenvalue weighted by Gasteiger charge is 2.18. The molecule has 32 heavy (non-hydrogen) atoms. The number of benzene rings is 1. The van der Waals surface area contributed by atoms with E-state index in [4.69, 9.17) is 9.47 Å². The van der Waals surface area contributed by atoms with Crippen molar-refractivity contribution in [2.24, 2.45) is 16.8 Å². The summed E-state index contributed by atoms with van der Waals surface area (Å²) in [6, 6.07) is 10.5. The van der Waals surface area contributed by atoms with Gasteiger partial charge in [-0.25, -0.2) is 0 Å². The van der Waals surface area contributed by atoms with Gasteiger partial charge in [0.2, 0.25) is 0 Å². The van der Waals surface area contributed by atoms with Gasteiger partial charge in [0, 0.05) is 56.5 Å². The van der Waals surface area contributed by atoms with Crippen LogP contribution in [0.5, 0.6) is 5.75 Å². The third-order valence-electron chi connectivity index (χ3n) is 5.80. The number of aromatic nitrogens is 1. The molecule has 0 amide bonds. The van der Waals surface area contributed by atoms with Crippen LogP contribution in [0.15, 0.2) is 47.7 Å². The van der Waals surface area contributed by atoms with Crippen molar-refractivity contribution in [3.8, 4) is 5.75 Å². The topological polar surface area (TPSA) is 67.8 Å². The van der Waals surface area contributed by atoms with Crippen LogP contribution in [0.1, 0.15) is 42.9 Å². The van der Waals surface area contributed by atoms with E-state index in [0.29, 0.717) is 30.9 Å². The molecule has 3 rings (SSSR count). The summed E-state index contributed by atoms with van der Waals surface area (Å²) in [5.74, 6) is 3.05. The smallest absolute Gasteiger partial charge is 0.191 e. The van der Waals surface area contributed by atoms with Crippen LogP contribution in [0.2, 0.25) is 0 Å². The molecule has 2 heterocycles. The van der Waals surface area contributed by atoms with Crippen molar-refractivity contribution in [1.29, 1.82) is 0 Å². The summed E-state index contributed by atoms with van der Waals surface area (Å²) in [5.41, 5.74) is 3.56. The van der Waals surface area contributed by atoms with Crippen molar-refractivity contribution in [3.05, 3.63) is 59.4 Å². The molecule has 1 aromatic heterocycles. The molecule has 0 spiro atoms. The Balaban J connectivity index is 0.00000363. The van der Waals surface area contributed by atoms with E-state index in [2.05, 4.69) is 65.6 Å². The minimum Gasteiger partial charge on any atom is -0.493 e. The Labute approximate surface area is 209 Å². The SMILES string of the molecule is CN=C(NCc1ccc(C)cc1OCC1CCOC1)NCC(c1cccnc1)C(C)C.I. The molecule has 6 nitrogen and oxygen atoms in total. The van der Waals surface area contributed by atoms with E-state index in [1.807, 2.05) is 18.5 Å². The molecule has 176 valence electrons. The fourth-order valence-corrected chi connectivity index (χ4v) is 3.80. The second-order valence-corrected chi connectivity index (χ2v) is 8.60. The van der Waals surface area contributed by atoms with Gasteiger partial charge in [0.15, 0.2) is 5.96 Å². The maximum Gasteiger partial charge on any atom is 0.191 e. The Morgan fingerprint density at radius 3 is 2.78 bits per heavy atom. The average molecular weight is 553 g/mol. The van der Waals surface area contributed by atoms with Crippen molar-refractivity contribution in [1.82, 2.24) is 15.6 Å². The van der Waals surface area contributed by atoms with Crippen LogP contribution in [-0.4, -0.2) is 44.4 Å². The summed E-state index contributed by atoms with van der Waals surface area (Å²) in [7, 11) is 1.80. The van der Waals surface area contributed by atoms with Crippen molar-refractivity contribution >= 4 is 29.9 Å². The highest BCUT2D eigenvalue weighted by molar-refractivity contribution is 14.0. The number of halogens is 1. The van der Waals surface area contributed by atoms with E-state index < -0.39 is 0 Å². The van der Waals surface area contributed by atoms with E-state index in [9.17, 15) is 0 Å². The number of ether oxygens (including phenoxy) is 2. The molecule has 0 bridgehead atoms. The molecule has 0 saturated carbocycles. The van der Waals surface area contributed by atoms with Gasteiger partial charge in [-0.1, -0.05) is 32.0 Å². The predicted octanol–water partition coefficient (Wildman–Crippen LogP) is 4.53. The van der Waals surface area contributed by atoms with Gasteiger partial charge < -0.3 is 20.1 Å². The summed E-state index contributed by atoms with van der Waals surface area (Å²) in [6.07, 6.45) is 4.84. The lowest BCUT2D eigenvalue weighted by Gasteiger charge is -2.23. The predicted molar refractivity (Wildman–Crippen MR) is 141 cm³/mol. The molecule has 1 aliphatic heterocycles. The van der Waals surface area contributed by atoms with Crippen LogP contribution in [0.4, 0.5) is 0 Å². The Morgan fingerprint density at radius 2 is 2.12 bits per heavy atom. The monoisotopic (exact) mass is 552 g/mol. The summed E-state index contributed by atoms with van der Waals surface area (Å²) >= 11 is 0. The maximum absolute atomic E-state index is 6.17. The number of aliphatic imine (C=N–C) groups is 1. The van der Waals surface area contributed by atoms with Crippen molar-refractivity contribution in [3.63, 3.8) is 0 Å². The highest BCUT2D eigenvalue weighted by Crippen LogP contribution is 2.24. The minimum atomic E-state index is 0. The van der Waals surface area contributed by atoms with E-state index >= 15 is 0 Å². The summed E-state index contributed by atoms with van der Waals surface area (Å²) in [5, 5.41) is 6.92. The number of pyridine rings is 1. The van der Waals surface area contributed by atoms with E-state index in [0.717, 1.165) is 43.5 Å². The van der Waals surface area contributed by atoms with Gasteiger partial charge in [-0.3, -0.25) is 9.98 Å². The second-order valence-electron chi connectivity index (χ2n) is 8.60. The normalized spacial score (nSPS) is 17.0. The molecular formula is C25H37IN4O2. The van der Waals surface area contributed by atoms with Gasteiger partial charge in [-0.2, -0.15) is 0 Å². The first-order chi connectivity index (χ1) is 15.1. The minimum absolute atomic E-state index is 0. The zero-order chi connectivity index (χ0) is 22.1. The zero-order valence-corrected chi connectivity index (χ0v) is 22.0. The fourth-order valence-electron chi connectivity index (χ4n) is 3.80. The van der Waals surface area contributed by atoms with Crippen LogP contribution < -0.4 is 15.4 Å². The number of nitrogens with zero attached hydrogens (tertiary/aromatic N) is 2. The Morgan fingerprint density at radius 1 is 1.28 bits per heavy atom. The van der Waals surface area contributed by atoms with Gasteiger partial charge in [0.05, 0.1) is 13.2 Å². The Hall–Kier alpha value is -1.87. The Bertz CT molecular complexity index is 839. The van der Waals surface area contributed by atoms with Crippen LogP contribution in [-0.2, 0) is 11.3 Å². The van der Waals surface area contributed by atoms with E-state index in [-0.39, 0.29) is 24.0 Å². The summed E-state index contributed by atoms with van der Waals surface area (Å²) in [6.45, 7) is 10.3. The number of hydrogen-bond donors (Lipinski definition) is 2. The molecule has 7 heteroatoms. The van der Waals surface area contributed by atoms with E-state index in [1.54, 1.807) is 7.05 Å². The molecule has 0 radical (unpaired) electrons. The molecule has 1 aliphatic rings. The maximum atomic E-state index is 6.17. The second kappa shape index (κ2) is 13.6. The zero-order valence-electron chi connectivity index (χ0n) is 19.6. The standard InChI is InChI=1S/C25H36N4O2.HI/c1-18(2)23(21-6-5-10-27-13-21)15-29-25(26-4)28-14-22-8-7-19(3)12-24(22)31-17-20-9-11-30-16-20;/h5-8,10,12-13,18,20,23H,9,11,14-17H2,1-4H3,(H2,26,28,29);1H. The average Bonchev–Trinajstić information content (AvgIpc) is 3.29. The lowest BCUT2D eigenvalue weighted by Crippen LogP contribution is -2.39. The van der Waals surface area contributed by atoms with E-state index in [1.165, 1.54) is 11.1 Å². The first kappa shape index (κ1) is 26.4. The fraction of sp³-hybridized carbons (Fsp3) is 0.520. The number of nitrogens with one attached hydrogen (secondary N) is 2. The molecule has 2 N–H and O–H groups in total. The quantitative estimate of drug-likeness (QED) is 0.272. The first-order valence-corrected chi connectivity index (χ1v) is 11.2. The highest BCUT2D eigenvalue weighted by atomic mass is 127. The van der Waals surface area contributed by atoms with Crippen molar-refractivity contribution < 1.29 is 9.47 Å². The molecule has 1 fully saturated rings. The summed E-state index contributed by atoms with van der Waals surface area (Å²) in [4.78, 5) is 8.68. The van der Waals surface area contributed by atoms with Gasteiger partial charge in [-0.05, 0) is 42.5 Å². The first-order valence-electron chi connectivity index (χ1n) is 11.2. The number of guanidine groups is 1. The van der Waals surface area contributed by atoms with Crippen LogP contribution >= 0.6 is 24.0 Å². The third-order valence-corrected chi connectivity index (χ3v) is 5.80. The van der Waals surface area contributed by atoms with Gasteiger partial charge in [-0.15, -0.1) is 24.0 Å². The van der Waals surface area contributed by atoms with Gasteiger partial charge in [0.25, 0.3) is 0 Å². The molecule has 2 atom stereocenters. The Kier molecular flexibility index (Phi) is 11.2. The van der Waals surface area contributed by atoms with Crippen LogP contribution in [0, 0.1) is 18.8 Å². The number of aryl methyl sites for hydroxylation is 1. The molecule has 1 aromatic carbocycles. The molecule has 0 aliphatic carbocycles. The largest absolute Gasteiger partial charge is 0.493 e. The summed E-state index contributed by atoms with van der Waals surface area (Å²) < 4.78 is 11.6. The molecule has 1 saturated heterocycles. The lowest BCUT2D eigenvalue weighted by molar-refractivity contribution is 0.166. The molecular weight excluding hydrogens is 515 g/mol. The number of hydrogen-bond acceptors (Lipinski definition) is 4. The van der Waals surface area contributed by atoms with Crippen molar-refractivity contribution in [2.45, 2.75) is 39.7 Å². The third kappa shape index (κ3) is 7.92. The molecule has 2 aromatic rings. The van der Waals surface area contributed by atoms with Crippen LogP contribution in [0.3, 0.4) is 0 Å². The molecule has 2 unspecified atom stereocenters. The van der Waals surface area contributed by atoms with Gasteiger partial charge in [0.1, 0.15) is 5.75 Å². The van der Waals surface area contributed by atoms with Crippen molar-refractivity contribution in [2.75, 3.05) is 33.4 Å². The van der Waals surface area contributed by atoms with Gasteiger partial charge >= 0.3 is 0 Å². The number of rotatable bonds is 9. The lowest BCUT2D eigenvalue weighted by atomic mass is 9.89. The van der Waals surface area contributed by atoms with Crippen LogP contribution in [0.25, 0.3) is 0 Å².